The second-order valence-electron chi connectivity index (χ2n) is 9.66. The van der Waals surface area contributed by atoms with Crippen LogP contribution in [0.3, 0.4) is 0 Å². The maximum Gasteiger partial charge on any atom is 1.00 e. The molecule has 20 heteroatoms. The first-order valence-electron chi connectivity index (χ1n) is 13.3. The maximum absolute atomic E-state index is 11.7. The Morgan fingerprint density at radius 3 is 1.70 bits per heavy atom. The van der Waals surface area contributed by atoms with Crippen LogP contribution in [0, 0.1) is 13.8 Å². The molecule has 4 aromatic rings. The van der Waals surface area contributed by atoms with Gasteiger partial charge < -0.3 is 44.2 Å². The van der Waals surface area contributed by atoms with E-state index in [2.05, 4.69) is 20.4 Å². The average Bonchev–Trinajstić information content (AvgIpc) is 3.75. The van der Waals surface area contributed by atoms with Gasteiger partial charge in [-0.3, -0.25) is 9.59 Å². The van der Waals surface area contributed by atoms with E-state index in [0.29, 0.717) is 45.0 Å². The minimum Gasteiger partial charge on any atom is -0.870 e. The van der Waals surface area contributed by atoms with E-state index in [4.69, 9.17) is 28.6 Å². The van der Waals surface area contributed by atoms with Crippen molar-refractivity contribution in [3.05, 3.63) is 57.5 Å². The van der Waals surface area contributed by atoms with Crippen molar-refractivity contribution in [1.82, 2.24) is 20.4 Å². The van der Waals surface area contributed by atoms with Crippen LogP contribution in [0.15, 0.2) is 35.3 Å². The Kier molecular flexibility index (Phi) is 13.3. The number of carboxylic acid groups (broad SMARTS) is 1. The topological polar surface area (TPSA) is 223 Å². The van der Waals surface area contributed by atoms with E-state index in [-0.39, 0.29) is 43.1 Å². The zero-order valence-corrected chi connectivity index (χ0v) is 26.8. The molecular formula is C26H27B2LiN4O11S2. The number of aromatic nitrogens is 4. The van der Waals surface area contributed by atoms with Crippen LogP contribution in [0.1, 0.15) is 54.2 Å². The van der Waals surface area contributed by atoms with E-state index in [9.17, 15) is 19.6 Å². The molecule has 2 aliphatic heterocycles. The zero-order chi connectivity index (χ0) is 31.4. The van der Waals surface area contributed by atoms with Gasteiger partial charge in [-0.2, -0.15) is 0 Å². The minimum absolute atomic E-state index is 0. The molecule has 2 aliphatic rings. The molecule has 46 heavy (non-hydrogen) atoms. The van der Waals surface area contributed by atoms with Gasteiger partial charge in [0.25, 0.3) is 10.4 Å². The van der Waals surface area contributed by atoms with Gasteiger partial charge in [-0.25, -0.2) is 0 Å². The van der Waals surface area contributed by atoms with Crippen LogP contribution in [-0.4, -0.2) is 73.8 Å². The Morgan fingerprint density at radius 2 is 1.30 bits per heavy atom. The molecule has 0 aliphatic carbocycles. The molecule has 0 spiro atoms. The normalized spacial score (nSPS) is 15.8. The van der Waals surface area contributed by atoms with Crippen molar-refractivity contribution < 1.29 is 72.6 Å². The largest absolute Gasteiger partial charge is 1.00 e. The van der Waals surface area contributed by atoms with E-state index in [1.54, 1.807) is 36.1 Å². The number of hydrogen-bond donors (Lipinski definition) is 3. The monoisotopic (exact) mass is 664 g/mol. The number of carboxylic acids is 1. The standard InChI is InChI=1S/C14H15BN2O5S.C12H11BN2O5S.Li.H2O/c1-3-20-12(18)6-11-13-8(2)4-9(5-10(13)15(19)22-11)21-14-17-16-7-23-14;1-6-2-7(19-12-15-14-5-21-12)3-8-11(6)9(4-10(16)17)20-13(8)18;;/h4-5,7,11,19H,3,6H2,1-2H3;2-3,5,9,18H,4H2,1H3,(H,16,17);;1H2/q;;+1;/p-1. The molecule has 2 unspecified atom stereocenters. The van der Waals surface area contributed by atoms with E-state index >= 15 is 0 Å². The number of benzene rings is 2. The van der Waals surface area contributed by atoms with Crippen LogP contribution in [0.4, 0.5) is 0 Å². The van der Waals surface area contributed by atoms with Gasteiger partial charge in [0, 0.05) is 0 Å². The molecule has 2 atom stereocenters. The fourth-order valence-corrected chi connectivity index (χ4v) is 5.88. The molecule has 4 N–H and O–H groups in total. The number of ether oxygens (including phenoxy) is 3. The number of rotatable bonds is 9. The number of carbonyl (C=O) groups excluding carboxylic acids is 1. The fourth-order valence-electron chi connectivity index (χ4n) is 5.03. The summed E-state index contributed by atoms with van der Waals surface area (Å²) in [5, 5.41) is 44.8. The summed E-state index contributed by atoms with van der Waals surface area (Å²) in [5.41, 5.74) is 7.42. The molecule has 15 nitrogen and oxygen atoms in total. The summed E-state index contributed by atoms with van der Waals surface area (Å²) in [5.74, 6) is -0.293. The van der Waals surface area contributed by atoms with Crippen LogP contribution in [0.5, 0.6) is 21.9 Å². The van der Waals surface area contributed by atoms with E-state index in [1.165, 1.54) is 22.7 Å². The quantitative estimate of drug-likeness (QED) is 0.145. The molecule has 0 radical (unpaired) electrons. The van der Waals surface area contributed by atoms with Crippen molar-refractivity contribution >= 4 is 59.8 Å². The van der Waals surface area contributed by atoms with Crippen molar-refractivity contribution in [2.24, 2.45) is 0 Å². The minimum atomic E-state index is -1.15. The third-order valence-electron chi connectivity index (χ3n) is 6.65. The number of fused-ring (bicyclic) bond motifs is 2. The third-order valence-corrected chi connectivity index (χ3v) is 7.79. The first-order valence-corrected chi connectivity index (χ1v) is 15.1. The molecular weight excluding hydrogens is 637 g/mol. The van der Waals surface area contributed by atoms with Gasteiger partial charge in [-0.15, -0.1) is 10.2 Å². The Hall–Kier alpha value is -3.37. The van der Waals surface area contributed by atoms with Crippen molar-refractivity contribution in [2.45, 2.75) is 45.8 Å². The molecule has 236 valence electrons. The maximum atomic E-state index is 11.7. The van der Waals surface area contributed by atoms with Gasteiger partial charge in [0.1, 0.15) is 22.5 Å². The molecule has 2 aromatic heterocycles. The third kappa shape index (κ3) is 8.70. The molecule has 0 saturated heterocycles. The number of hydrogen-bond acceptors (Lipinski definition) is 16. The Balaban J connectivity index is 0.000000241. The van der Waals surface area contributed by atoms with Gasteiger partial charge in [0.05, 0.1) is 31.7 Å². The van der Waals surface area contributed by atoms with Crippen molar-refractivity contribution in [1.29, 1.82) is 0 Å². The molecule has 2 aromatic carbocycles. The molecule has 4 heterocycles. The number of esters is 1. The predicted octanol–water partition coefficient (Wildman–Crippen LogP) is -0.950. The van der Waals surface area contributed by atoms with Crippen LogP contribution in [-0.2, 0) is 23.6 Å². The number of aryl methyl sites for hydroxylation is 2. The van der Waals surface area contributed by atoms with Crippen molar-refractivity contribution in [3.63, 3.8) is 0 Å². The van der Waals surface area contributed by atoms with E-state index in [0.717, 1.165) is 16.7 Å². The second kappa shape index (κ2) is 16.5. The summed E-state index contributed by atoms with van der Waals surface area (Å²) in [6, 6.07) is 6.91. The number of carbonyl (C=O) groups is 2. The Labute approximate surface area is 283 Å². The molecule has 0 amide bonds. The van der Waals surface area contributed by atoms with Gasteiger partial charge in [-0.05, 0) is 78.2 Å². The van der Waals surface area contributed by atoms with Gasteiger partial charge >= 0.3 is 45.0 Å². The molecule has 0 fully saturated rings. The summed E-state index contributed by atoms with van der Waals surface area (Å²) in [7, 11) is -2.25. The molecule has 6 rings (SSSR count). The predicted molar refractivity (Wildman–Crippen MR) is 161 cm³/mol. The van der Waals surface area contributed by atoms with Crippen molar-refractivity contribution in [3.8, 4) is 21.9 Å². The fraction of sp³-hybridized carbons (Fsp3) is 0.308. The average molecular weight is 664 g/mol. The van der Waals surface area contributed by atoms with Crippen LogP contribution in [0.2, 0.25) is 0 Å². The molecule has 0 saturated carbocycles. The van der Waals surface area contributed by atoms with Crippen LogP contribution in [0.25, 0.3) is 0 Å². The number of aliphatic carboxylic acids is 1. The second-order valence-corrected chi connectivity index (χ2v) is 11.3. The van der Waals surface area contributed by atoms with Gasteiger partial charge in [-0.1, -0.05) is 32.9 Å². The number of nitrogens with zero attached hydrogens (tertiary/aromatic N) is 4. The van der Waals surface area contributed by atoms with E-state index < -0.39 is 32.4 Å². The Bertz CT molecular complexity index is 1640. The first-order chi connectivity index (χ1) is 21.1. The van der Waals surface area contributed by atoms with Crippen molar-refractivity contribution in [2.75, 3.05) is 6.61 Å². The summed E-state index contributed by atoms with van der Waals surface area (Å²) in [6.07, 6.45) is -1.30. The zero-order valence-electron chi connectivity index (χ0n) is 25.1. The van der Waals surface area contributed by atoms with Gasteiger partial charge in [0.15, 0.2) is 0 Å². The summed E-state index contributed by atoms with van der Waals surface area (Å²) in [6.45, 7) is 5.76. The summed E-state index contributed by atoms with van der Waals surface area (Å²) >= 11 is 2.52. The molecule has 0 bridgehead atoms. The Morgan fingerprint density at radius 1 is 0.848 bits per heavy atom. The first kappa shape index (κ1) is 37.1. The smallest absolute Gasteiger partial charge is 0.870 e. The van der Waals surface area contributed by atoms with Gasteiger partial charge in [0.2, 0.25) is 0 Å². The summed E-state index contributed by atoms with van der Waals surface area (Å²) in [4.78, 5) is 22.5. The van der Waals surface area contributed by atoms with Crippen LogP contribution < -0.4 is 39.3 Å². The SMILES string of the molecule is CCOC(=O)CC1OB(O)c2cc(Oc3nncs3)cc(C)c21.Cc1cc(Oc2nncs2)cc2c1C(CC(=O)O)OB2O.[Li+].[OH-]. The van der Waals surface area contributed by atoms with E-state index in [1.807, 2.05) is 19.9 Å². The summed E-state index contributed by atoms with van der Waals surface area (Å²) < 4.78 is 26.9. The van der Waals surface area contributed by atoms with Crippen LogP contribution >= 0.6 is 22.7 Å².